The number of furan rings is 1. The van der Waals surface area contributed by atoms with E-state index < -0.39 is 0 Å². The van der Waals surface area contributed by atoms with Gasteiger partial charge in [-0.2, -0.15) is 0 Å². The molecule has 0 atom stereocenters. The van der Waals surface area contributed by atoms with E-state index in [4.69, 9.17) is 24.1 Å². The molecule has 1 aliphatic heterocycles. The van der Waals surface area contributed by atoms with Crippen LogP contribution in [-0.4, -0.2) is 42.9 Å². The number of hydrogen-bond acceptors (Lipinski definition) is 6. The predicted octanol–water partition coefficient (Wildman–Crippen LogP) is 6.64. The minimum absolute atomic E-state index is 0.0500. The number of aryl methyl sites for hydroxylation is 2. The Morgan fingerprint density at radius 3 is 2.40 bits per heavy atom. The standard InChI is InChI=1S/C22H25FO2.C10H8O3.CH4O/c1-14-12-17(25-16-8-10-24-11-9-16)13-15(2)22(14)20-6-7-21(23)19-5-3-4-18(19)20;11-4-3-7-6-13-10-5-8(12)1-2-9(7)10;1-2/h6-7,12-13,16H,3-5,8-11H2,1-2H3;1-2,4-6,12H,3H2;2H,1H3. The first kappa shape index (κ1) is 29.3. The largest absolute Gasteiger partial charge is 0.508 e. The Hall–Kier alpha value is -3.68. The van der Waals surface area contributed by atoms with Gasteiger partial charge in [-0.1, -0.05) is 6.07 Å². The zero-order valence-corrected chi connectivity index (χ0v) is 23.3. The maximum atomic E-state index is 14.1. The van der Waals surface area contributed by atoms with Crippen molar-refractivity contribution >= 4 is 17.3 Å². The first-order valence-electron chi connectivity index (χ1n) is 13.7. The molecular formula is C33H37FO6. The Morgan fingerprint density at radius 1 is 1.00 bits per heavy atom. The number of fused-ring (bicyclic) bond motifs is 2. The van der Waals surface area contributed by atoms with E-state index in [2.05, 4.69) is 26.0 Å². The van der Waals surface area contributed by atoms with Gasteiger partial charge in [0.1, 0.15) is 35.3 Å². The molecule has 6 rings (SSSR count). The third-order valence-electron chi connectivity index (χ3n) is 7.42. The summed E-state index contributed by atoms with van der Waals surface area (Å²) in [5.74, 6) is 1.05. The fourth-order valence-electron chi connectivity index (χ4n) is 5.62. The molecule has 0 saturated carbocycles. The summed E-state index contributed by atoms with van der Waals surface area (Å²) in [6.45, 7) is 5.82. The molecule has 0 radical (unpaired) electrons. The zero-order chi connectivity index (χ0) is 28.6. The fraction of sp³-hybridized carbons (Fsp3) is 0.364. The van der Waals surface area contributed by atoms with Crippen LogP contribution in [0.25, 0.3) is 22.1 Å². The molecule has 3 aromatic carbocycles. The molecule has 1 aliphatic carbocycles. The molecule has 0 bridgehead atoms. The second-order valence-electron chi connectivity index (χ2n) is 10.1. The average molecular weight is 549 g/mol. The highest BCUT2D eigenvalue weighted by Crippen LogP contribution is 2.38. The highest BCUT2D eigenvalue weighted by molar-refractivity contribution is 5.84. The smallest absolute Gasteiger partial charge is 0.137 e. The Labute approximate surface area is 234 Å². The molecule has 0 spiro atoms. The summed E-state index contributed by atoms with van der Waals surface area (Å²) in [5, 5.41) is 17.0. The molecule has 1 aromatic heterocycles. The van der Waals surface area contributed by atoms with Crippen LogP contribution in [0.15, 0.2) is 53.1 Å². The highest BCUT2D eigenvalue weighted by atomic mass is 19.1. The van der Waals surface area contributed by atoms with Crippen molar-refractivity contribution in [3.63, 3.8) is 0 Å². The van der Waals surface area contributed by atoms with Crippen LogP contribution >= 0.6 is 0 Å². The summed E-state index contributed by atoms with van der Waals surface area (Å²) >= 11 is 0. The van der Waals surface area contributed by atoms with Crippen LogP contribution in [0.2, 0.25) is 0 Å². The summed E-state index contributed by atoms with van der Waals surface area (Å²) < 4.78 is 30.8. The number of aliphatic hydroxyl groups excluding tert-OH is 1. The third kappa shape index (κ3) is 6.54. The number of aldehydes is 1. The number of aliphatic hydroxyl groups is 1. The van der Waals surface area contributed by atoms with Crippen LogP contribution < -0.4 is 4.74 Å². The van der Waals surface area contributed by atoms with Crippen LogP contribution in [0.1, 0.15) is 47.1 Å². The van der Waals surface area contributed by atoms with Gasteiger partial charge in [-0.05, 0) is 96.8 Å². The molecule has 212 valence electrons. The number of halogens is 1. The van der Waals surface area contributed by atoms with E-state index in [0.717, 1.165) is 81.0 Å². The van der Waals surface area contributed by atoms with Crippen molar-refractivity contribution in [1.29, 1.82) is 0 Å². The van der Waals surface area contributed by atoms with Gasteiger partial charge in [-0.15, -0.1) is 0 Å². The van der Waals surface area contributed by atoms with E-state index in [0.29, 0.717) is 12.0 Å². The number of ether oxygens (including phenoxy) is 2. The summed E-state index contributed by atoms with van der Waals surface area (Å²) in [6, 6.07) is 12.7. The van der Waals surface area contributed by atoms with Crippen molar-refractivity contribution in [3.8, 4) is 22.6 Å². The summed E-state index contributed by atoms with van der Waals surface area (Å²) in [5.41, 5.74) is 8.40. The molecular weight excluding hydrogens is 511 g/mol. The van der Waals surface area contributed by atoms with Crippen molar-refractivity contribution < 1.29 is 33.3 Å². The Morgan fingerprint density at radius 2 is 1.70 bits per heavy atom. The Bertz CT molecular complexity index is 1430. The number of rotatable bonds is 5. The van der Waals surface area contributed by atoms with Gasteiger partial charge >= 0.3 is 0 Å². The van der Waals surface area contributed by atoms with Gasteiger partial charge in [-0.3, -0.25) is 0 Å². The van der Waals surface area contributed by atoms with E-state index in [1.54, 1.807) is 24.5 Å². The fourth-order valence-corrected chi connectivity index (χ4v) is 5.62. The molecule has 2 aliphatic rings. The zero-order valence-electron chi connectivity index (χ0n) is 23.3. The van der Waals surface area contributed by atoms with Gasteiger partial charge in [0, 0.05) is 43.4 Å². The highest BCUT2D eigenvalue weighted by Gasteiger charge is 2.22. The molecule has 0 unspecified atom stereocenters. The lowest BCUT2D eigenvalue weighted by atomic mass is 9.90. The normalized spacial score (nSPS) is 14.5. The molecule has 1 fully saturated rings. The number of carbonyl (C=O) groups is 1. The monoisotopic (exact) mass is 548 g/mol. The van der Waals surface area contributed by atoms with E-state index in [-0.39, 0.29) is 17.7 Å². The maximum absolute atomic E-state index is 14.1. The van der Waals surface area contributed by atoms with E-state index in [1.165, 1.54) is 33.9 Å². The molecule has 6 nitrogen and oxygen atoms in total. The summed E-state index contributed by atoms with van der Waals surface area (Å²) in [6.07, 6.45) is 7.74. The number of aromatic hydroxyl groups is 1. The van der Waals surface area contributed by atoms with Crippen molar-refractivity contribution in [1.82, 2.24) is 0 Å². The van der Waals surface area contributed by atoms with Crippen LogP contribution in [0.5, 0.6) is 11.5 Å². The second-order valence-corrected chi connectivity index (χ2v) is 10.1. The SMILES string of the molecule is CO.Cc1cc(OC2CCOCC2)cc(C)c1-c1ccc(F)c2c1CCC2.O=CCc1coc2cc(O)ccc12. The van der Waals surface area contributed by atoms with Gasteiger partial charge in [-0.25, -0.2) is 4.39 Å². The van der Waals surface area contributed by atoms with E-state index in [9.17, 15) is 9.18 Å². The number of benzene rings is 3. The van der Waals surface area contributed by atoms with Crippen LogP contribution in [0, 0.1) is 19.7 Å². The number of carbonyl (C=O) groups excluding carboxylic acids is 1. The van der Waals surface area contributed by atoms with Crippen LogP contribution in [-0.2, 0) is 28.8 Å². The first-order chi connectivity index (χ1) is 19.4. The van der Waals surface area contributed by atoms with Gasteiger partial charge in [0.2, 0.25) is 0 Å². The topological polar surface area (TPSA) is 89.1 Å². The quantitative estimate of drug-likeness (QED) is 0.272. The summed E-state index contributed by atoms with van der Waals surface area (Å²) in [4.78, 5) is 10.3. The second kappa shape index (κ2) is 13.6. The van der Waals surface area contributed by atoms with Crippen LogP contribution in [0.3, 0.4) is 0 Å². The molecule has 1 saturated heterocycles. The lowest BCUT2D eigenvalue weighted by molar-refractivity contribution is -0.107. The number of phenolic OH excluding ortho intramolecular Hbond substituents is 1. The lowest BCUT2D eigenvalue weighted by Crippen LogP contribution is -2.25. The van der Waals surface area contributed by atoms with Crippen molar-refractivity contribution in [2.24, 2.45) is 0 Å². The number of hydrogen-bond donors (Lipinski definition) is 2. The molecule has 40 heavy (non-hydrogen) atoms. The predicted molar refractivity (Wildman–Crippen MR) is 154 cm³/mol. The molecule has 4 aromatic rings. The Balaban J connectivity index is 0.000000207. The average Bonchev–Trinajstić information content (AvgIpc) is 3.60. The third-order valence-corrected chi connectivity index (χ3v) is 7.42. The van der Waals surface area contributed by atoms with E-state index >= 15 is 0 Å². The van der Waals surface area contributed by atoms with Crippen molar-refractivity contribution in [3.05, 3.63) is 82.4 Å². The van der Waals surface area contributed by atoms with E-state index in [1.807, 2.05) is 6.07 Å². The maximum Gasteiger partial charge on any atom is 0.137 e. The minimum atomic E-state index is -0.0500. The first-order valence-corrected chi connectivity index (χ1v) is 13.7. The lowest BCUT2D eigenvalue weighted by Gasteiger charge is -2.24. The molecule has 2 N–H and O–H groups in total. The summed E-state index contributed by atoms with van der Waals surface area (Å²) in [7, 11) is 1.00. The molecule has 7 heteroatoms. The molecule has 0 amide bonds. The minimum Gasteiger partial charge on any atom is -0.508 e. The van der Waals surface area contributed by atoms with Gasteiger partial charge in [0.15, 0.2) is 0 Å². The number of phenols is 1. The Kier molecular flexibility index (Phi) is 9.96. The van der Waals surface area contributed by atoms with Gasteiger partial charge in [0.05, 0.1) is 19.5 Å². The van der Waals surface area contributed by atoms with Crippen LogP contribution in [0.4, 0.5) is 4.39 Å². The van der Waals surface area contributed by atoms with Gasteiger partial charge < -0.3 is 28.9 Å². The van der Waals surface area contributed by atoms with Crippen molar-refractivity contribution in [2.75, 3.05) is 20.3 Å². The van der Waals surface area contributed by atoms with Gasteiger partial charge in [0.25, 0.3) is 0 Å². The van der Waals surface area contributed by atoms with Crippen molar-refractivity contribution in [2.45, 2.75) is 58.5 Å². The molecule has 2 heterocycles.